The average Bonchev–Trinajstić information content (AvgIpc) is 2.57. The smallest absolute Gasteiger partial charge is 0.228 e. The minimum atomic E-state index is -0.570. The van der Waals surface area contributed by atoms with Crippen LogP contribution in [0.5, 0.6) is 0 Å². The molecule has 2 rings (SSSR count). The van der Waals surface area contributed by atoms with Crippen LogP contribution in [0.15, 0.2) is 48.5 Å². The quantitative estimate of drug-likeness (QED) is 0.754. The van der Waals surface area contributed by atoms with Crippen LogP contribution in [0.2, 0.25) is 0 Å². The van der Waals surface area contributed by atoms with E-state index in [1.54, 1.807) is 13.8 Å². The van der Waals surface area contributed by atoms with Crippen LogP contribution in [-0.4, -0.2) is 17.9 Å². The summed E-state index contributed by atoms with van der Waals surface area (Å²) in [6.07, 6.45) is 0.137. The molecule has 0 saturated heterocycles. The van der Waals surface area contributed by atoms with Crippen LogP contribution in [-0.2, 0) is 16.0 Å². The Morgan fingerprint density at radius 1 is 1.08 bits per heavy atom. The van der Waals surface area contributed by atoms with Gasteiger partial charge in [0.1, 0.15) is 5.82 Å². The Hall–Kier alpha value is -2.73. The molecule has 0 aliphatic heterocycles. The third kappa shape index (κ3) is 5.39. The largest absolute Gasteiger partial charge is 0.327 e. The number of nitrogens with two attached hydrogens (primary N) is 1. The van der Waals surface area contributed by atoms with Crippen molar-refractivity contribution in [1.29, 1.82) is 0 Å². The van der Waals surface area contributed by atoms with Gasteiger partial charge in [0.05, 0.1) is 18.0 Å². The third-order valence-electron chi connectivity index (χ3n) is 3.92. The summed E-state index contributed by atoms with van der Waals surface area (Å²) in [6.45, 7) is 3.45. The van der Waals surface area contributed by atoms with Gasteiger partial charge in [0.25, 0.3) is 0 Å². The predicted molar refractivity (Wildman–Crippen MR) is 96.6 cm³/mol. The molecule has 0 aliphatic carbocycles. The van der Waals surface area contributed by atoms with E-state index in [0.717, 1.165) is 5.56 Å². The van der Waals surface area contributed by atoms with Gasteiger partial charge in [0, 0.05) is 11.7 Å². The normalized spacial score (nSPS) is 13.0. The lowest BCUT2D eigenvalue weighted by molar-refractivity contribution is -0.119. The minimum absolute atomic E-state index is 0.0205. The Kier molecular flexibility index (Phi) is 6.25. The first-order valence-electron chi connectivity index (χ1n) is 8.06. The van der Waals surface area contributed by atoms with Crippen molar-refractivity contribution in [2.75, 3.05) is 10.6 Å². The van der Waals surface area contributed by atoms with Gasteiger partial charge < -0.3 is 16.4 Å². The van der Waals surface area contributed by atoms with Crippen molar-refractivity contribution < 1.29 is 14.0 Å². The monoisotopic (exact) mass is 343 g/mol. The molecule has 2 amide bonds. The minimum Gasteiger partial charge on any atom is -0.327 e. The number of hydrogen-bond donors (Lipinski definition) is 3. The molecular formula is C19H22FN3O2. The van der Waals surface area contributed by atoms with E-state index in [1.165, 1.54) is 18.2 Å². The topological polar surface area (TPSA) is 84.2 Å². The number of carbonyl (C=O) groups excluding carboxylic acids is 2. The van der Waals surface area contributed by atoms with Gasteiger partial charge in [-0.25, -0.2) is 4.39 Å². The van der Waals surface area contributed by atoms with Gasteiger partial charge >= 0.3 is 0 Å². The second kappa shape index (κ2) is 8.39. The van der Waals surface area contributed by atoms with Crippen LogP contribution >= 0.6 is 0 Å². The molecule has 0 spiro atoms. The summed E-state index contributed by atoms with van der Waals surface area (Å²) >= 11 is 0. The van der Waals surface area contributed by atoms with Crippen molar-refractivity contribution >= 4 is 23.2 Å². The molecule has 6 heteroatoms. The highest BCUT2D eigenvalue weighted by molar-refractivity contribution is 5.95. The van der Waals surface area contributed by atoms with E-state index >= 15 is 0 Å². The molecule has 0 radical (unpaired) electrons. The first-order valence-corrected chi connectivity index (χ1v) is 8.06. The number of hydrogen-bond acceptors (Lipinski definition) is 3. The molecule has 0 bridgehead atoms. The van der Waals surface area contributed by atoms with Crippen molar-refractivity contribution in [2.24, 2.45) is 11.7 Å². The highest BCUT2D eigenvalue weighted by Gasteiger charge is 2.17. The molecule has 132 valence electrons. The number of nitrogens with one attached hydrogen (secondary N) is 2. The van der Waals surface area contributed by atoms with Crippen molar-refractivity contribution in [2.45, 2.75) is 26.3 Å². The summed E-state index contributed by atoms with van der Waals surface area (Å²) in [5.41, 5.74) is 6.95. The lowest BCUT2D eigenvalue weighted by Gasteiger charge is -2.16. The van der Waals surface area contributed by atoms with Gasteiger partial charge in [-0.2, -0.15) is 0 Å². The fourth-order valence-electron chi connectivity index (χ4n) is 2.17. The zero-order valence-electron chi connectivity index (χ0n) is 14.3. The Morgan fingerprint density at radius 3 is 2.40 bits per heavy atom. The van der Waals surface area contributed by atoms with Crippen molar-refractivity contribution in [1.82, 2.24) is 0 Å². The van der Waals surface area contributed by atoms with Gasteiger partial charge in [-0.15, -0.1) is 0 Å². The van der Waals surface area contributed by atoms with Crippen molar-refractivity contribution in [3.05, 3.63) is 59.9 Å². The van der Waals surface area contributed by atoms with Gasteiger partial charge in [-0.3, -0.25) is 9.59 Å². The molecule has 0 saturated carbocycles. The summed E-state index contributed by atoms with van der Waals surface area (Å²) < 4.78 is 13.9. The summed E-state index contributed by atoms with van der Waals surface area (Å²) in [5.74, 6) is -1.55. The maximum Gasteiger partial charge on any atom is 0.228 e. The molecule has 5 nitrogen and oxygen atoms in total. The second-order valence-corrected chi connectivity index (χ2v) is 6.04. The summed E-state index contributed by atoms with van der Waals surface area (Å²) in [6, 6.07) is 12.9. The highest BCUT2D eigenvalue weighted by Crippen LogP contribution is 2.21. The molecule has 0 heterocycles. The number of rotatable bonds is 6. The van der Waals surface area contributed by atoms with Crippen LogP contribution in [0.1, 0.15) is 19.4 Å². The van der Waals surface area contributed by atoms with Gasteiger partial charge in [0.15, 0.2) is 0 Å². The number of benzene rings is 2. The molecule has 2 aromatic carbocycles. The van der Waals surface area contributed by atoms with E-state index in [4.69, 9.17) is 5.73 Å². The highest BCUT2D eigenvalue weighted by atomic mass is 19.1. The van der Waals surface area contributed by atoms with Gasteiger partial charge in [-0.1, -0.05) is 37.3 Å². The molecular weight excluding hydrogens is 321 g/mol. The average molecular weight is 343 g/mol. The molecule has 25 heavy (non-hydrogen) atoms. The molecule has 0 aromatic heterocycles. The number of anilines is 2. The van der Waals surface area contributed by atoms with Crippen LogP contribution in [0.25, 0.3) is 0 Å². The zero-order chi connectivity index (χ0) is 18.4. The third-order valence-corrected chi connectivity index (χ3v) is 3.92. The predicted octanol–water partition coefficient (Wildman–Crippen LogP) is 2.93. The van der Waals surface area contributed by atoms with Gasteiger partial charge in [-0.05, 0) is 30.7 Å². The molecule has 4 N–H and O–H groups in total. The second-order valence-electron chi connectivity index (χ2n) is 6.04. The molecule has 2 aromatic rings. The van der Waals surface area contributed by atoms with Crippen molar-refractivity contribution in [3.63, 3.8) is 0 Å². The Labute approximate surface area is 146 Å². The van der Waals surface area contributed by atoms with E-state index in [9.17, 15) is 14.0 Å². The fraction of sp³-hybridized carbons (Fsp3) is 0.263. The van der Waals surface area contributed by atoms with Crippen LogP contribution in [0.4, 0.5) is 15.8 Å². The lowest BCUT2D eigenvalue weighted by atomic mass is 10.0. The van der Waals surface area contributed by atoms with Crippen molar-refractivity contribution in [3.8, 4) is 0 Å². The van der Waals surface area contributed by atoms with Crippen LogP contribution in [0, 0.1) is 11.7 Å². The SMILES string of the molecule is CC(N)C(C)C(=O)Nc1ccc(F)c(NC(=O)Cc2ccccc2)c1. The van der Waals surface area contributed by atoms with Gasteiger partial charge in [0.2, 0.25) is 11.8 Å². The summed E-state index contributed by atoms with van der Waals surface area (Å²) in [4.78, 5) is 24.1. The molecule has 0 fully saturated rings. The standard InChI is InChI=1S/C19H22FN3O2/c1-12(13(2)21)19(25)22-15-8-9-16(20)17(11-15)23-18(24)10-14-6-4-3-5-7-14/h3-9,11-13H,10,21H2,1-2H3,(H,22,25)(H,23,24). The first-order chi connectivity index (χ1) is 11.9. The first kappa shape index (κ1) is 18.6. The number of halogens is 1. The number of carbonyl (C=O) groups is 2. The maximum atomic E-state index is 13.9. The Balaban J connectivity index is 2.06. The van der Waals surface area contributed by atoms with E-state index in [-0.39, 0.29) is 35.9 Å². The summed E-state index contributed by atoms with van der Waals surface area (Å²) in [5, 5.41) is 5.21. The van der Waals surface area contributed by atoms with Crippen LogP contribution in [0.3, 0.4) is 0 Å². The van der Waals surface area contributed by atoms with E-state index < -0.39 is 5.82 Å². The van der Waals surface area contributed by atoms with E-state index in [1.807, 2.05) is 30.3 Å². The number of amides is 2. The maximum absolute atomic E-state index is 13.9. The molecule has 2 unspecified atom stereocenters. The molecule has 0 aliphatic rings. The van der Waals surface area contributed by atoms with E-state index in [0.29, 0.717) is 5.69 Å². The fourth-order valence-corrected chi connectivity index (χ4v) is 2.17. The Bertz CT molecular complexity index is 748. The van der Waals surface area contributed by atoms with Crippen LogP contribution < -0.4 is 16.4 Å². The zero-order valence-corrected chi connectivity index (χ0v) is 14.3. The van der Waals surface area contributed by atoms with E-state index in [2.05, 4.69) is 10.6 Å². The Morgan fingerprint density at radius 2 is 1.76 bits per heavy atom. The lowest BCUT2D eigenvalue weighted by Crippen LogP contribution is -2.34. The molecule has 2 atom stereocenters. The summed E-state index contributed by atoms with van der Waals surface area (Å²) in [7, 11) is 0.